The Kier molecular flexibility index (Phi) is 41.6. The lowest BCUT2D eigenvalue weighted by Crippen LogP contribution is -2.30. The molecule has 0 aliphatic rings. The van der Waals surface area contributed by atoms with Gasteiger partial charge in [0.2, 0.25) is 0 Å². The maximum Gasteiger partial charge on any atom is 0.310 e. The first kappa shape index (κ1) is 52.6. The quantitative estimate of drug-likeness (QED) is 0.0268. The second-order valence-corrected chi connectivity index (χ2v) is 14.6. The number of hydrogen-bond donors (Lipinski definition) is 0. The van der Waals surface area contributed by atoms with Crippen molar-refractivity contribution in [2.45, 2.75) is 200 Å². The molecule has 0 rings (SSSR count). The summed E-state index contributed by atoms with van der Waals surface area (Å²) >= 11 is 0. The van der Waals surface area contributed by atoms with Gasteiger partial charge in [-0.1, -0.05) is 183 Å². The Labute approximate surface area is 344 Å². The smallest absolute Gasteiger partial charge is 0.310 e. The molecule has 0 aliphatic carbocycles. The number of ether oxygens (including phenoxy) is 3. The Balaban J connectivity index is 4.42. The van der Waals surface area contributed by atoms with Gasteiger partial charge in [-0.05, 0) is 77.0 Å². The van der Waals surface area contributed by atoms with Crippen LogP contribution in [0.2, 0.25) is 0 Å². The zero-order valence-corrected chi connectivity index (χ0v) is 36.1. The maximum atomic E-state index is 12.6. The fourth-order valence-corrected chi connectivity index (χ4v) is 5.78. The average Bonchev–Trinajstić information content (AvgIpc) is 3.19. The number of carbonyl (C=O) groups is 3. The summed E-state index contributed by atoms with van der Waals surface area (Å²) in [6.07, 6.45) is 56.1. The normalized spacial score (nSPS) is 12.8. The molecule has 0 heterocycles. The van der Waals surface area contributed by atoms with E-state index in [1.54, 1.807) is 6.08 Å². The van der Waals surface area contributed by atoms with Gasteiger partial charge >= 0.3 is 17.9 Å². The van der Waals surface area contributed by atoms with Crippen molar-refractivity contribution in [1.29, 1.82) is 0 Å². The van der Waals surface area contributed by atoms with E-state index in [9.17, 15) is 14.4 Å². The fraction of sp³-hybridized carbons (Fsp3) is 0.660. The van der Waals surface area contributed by atoms with Crippen molar-refractivity contribution in [2.24, 2.45) is 0 Å². The summed E-state index contributed by atoms with van der Waals surface area (Å²) in [7, 11) is 0. The largest absolute Gasteiger partial charge is 0.462 e. The number of esters is 3. The van der Waals surface area contributed by atoms with Crippen LogP contribution in [0, 0.1) is 0 Å². The summed E-state index contributed by atoms with van der Waals surface area (Å²) in [4.78, 5) is 37.5. The highest BCUT2D eigenvalue weighted by Crippen LogP contribution is 2.12. The van der Waals surface area contributed by atoms with Gasteiger partial charge in [0, 0.05) is 12.8 Å². The van der Waals surface area contributed by atoms with Gasteiger partial charge < -0.3 is 14.2 Å². The van der Waals surface area contributed by atoms with Gasteiger partial charge in [-0.15, -0.1) is 0 Å². The first-order valence-electron chi connectivity index (χ1n) is 22.6. The Bertz CT molecular complexity index is 1120. The van der Waals surface area contributed by atoms with E-state index in [0.717, 1.165) is 83.5 Å². The minimum atomic E-state index is -0.829. The van der Waals surface area contributed by atoms with Crippen LogP contribution in [0.3, 0.4) is 0 Å². The van der Waals surface area contributed by atoms with Crippen molar-refractivity contribution in [2.75, 3.05) is 13.2 Å². The number of allylic oxidation sites excluding steroid dienone is 13. The van der Waals surface area contributed by atoms with E-state index in [2.05, 4.69) is 93.7 Å². The van der Waals surface area contributed by atoms with Gasteiger partial charge in [-0.25, -0.2) is 0 Å². The fourth-order valence-electron chi connectivity index (χ4n) is 5.78. The van der Waals surface area contributed by atoms with Crippen LogP contribution in [0.1, 0.15) is 194 Å². The van der Waals surface area contributed by atoms with Crippen LogP contribution in [-0.2, 0) is 28.6 Å². The molecule has 0 fully saturated rings. The summed E-state index contributed by atoms with van der Waals surface area (Å²) in [6.45, 7) is 6.32. The molecule has 0 aromatic heterocycles. The van der Waals surface area contributed by atoms with Gasteiger partial charge in [0.05, 0.1) is 6.42 Å². The second-order valence-electron chi connectivity index (χ2n) is 14.6. The van der Waals surface area contributed by atoms with Crippen molar-refractivity contribution in [3.63, 3.8) is 0 Å². The molecule has 6 nitrogen and oxygen atoms in total. The molecule has 6 heteroatoms. The predicted molar refractivity (Wildman–Crippen MR) is 237 cm³/mol. The van der Waals surface area contributed by atoms with Crippen molar-refractivity contribution in [3.8, 4) is 0 Å². The van der Waals surface area contributed by atoms with E-state index < -0.39 is 12.1 Å². The van der Waals surface area contributed by atoms with Crippen LogP contribution in [0.15, 0.2) is 85.1 Å². The third-order valence-electron chi connectivity index (χ3n) is 9.17. The summed E-state index contributed by atoms with van der Waals surface area (Å²) < 4.78 is 16.5. The summed E-state index contributed by atoms with van der Waals surface area (Å²) in [5.74, 6) is -1.08. The van der Waals surface area contributed by atoms with Crippen LogP contribution in [0.25, 0.3) is 0 Å². The van der Waals surface area contributed by atoms with Crippen LogP contribution in [0.4, 0.5) is 0 Å². The minimum Gasteiger partial charge on any atom is -0.462 e. The Morgan fingerprint density at radius 2 is 0.750 bits per heavy atom. The van der Waals surface area contributed by atoms with Crippen molar-refractivity contribution < 1.29 is 28.6 Å². The number of rotatable bonds is 39. The summed E-state index contributed by atoms with van der Waals surface area (Å²) in [5.41, 5.74) is 0. The van der Waals surface area contributed by atoms with E-state index in [-0.39, 0.29) is 31.6 Å². The molecule has 0 aromatic rings. The Morgan fingerprint density at radius 3 is 1.21 bits per heavy atom. The van der Waals surface area contributed by atoms with Gasteiger partial charge in [0.15, 0.2) is 6.10 Å². The predicted octanol–water partition coefficient (Wildman–Crippen LogP) is 14.5. The molecule has 0 saturated heterocycles. The molecule has 318 valence electrons. The molecule has 0 aliphatic heterocycles. The highest BCUT2D eigenvalue weighted by Gasteiger charge is 2.19. The zero-order valence-electron chi connectivity index (χ0n) is 36.1. The first-order valence-corrected chi connectivity index (χ1v) is 22.6. The molecule has 1 atom stereocenters. The molecular weight excluding hydrogens is 697 g/mol. The van der Waals surface area contributed by atoms with Crippen molar-refractivity contribution >= 4 is 17.9 Å². The molecule has 1 unspecified atom stereocenters. The summed E-state index contributed by atoms with van der Waals surface area (Å²) in [5, 5.41) is 0. The monoisotopic (exact) mass is 779 g/mol. The van der Waals surface area contributed by atoms with E-state index in [1.807, 2.05) is 6.08 Å². The second kappa shape index (κ2) is 44.3. The molecule has 0 aromatic carbocycles. The van der Waals surface area contributed by atoms with E-state index in [4.69, 9.17) is 14.2 Å². The first-order chi connectivity index (χ1) is 27.5. The maximum absolute atomic E-state index is 12.6. The molecule has 56 heavy (non-hydrogen) atoms. The van der Waals surface area contributed by atoms with Crippen LogP contribution >= 0.6 is 0 Å². The standard InChI is InChI=1S/C50H82O6/c1-4-7-10-13-16-18-20-22-24-25-27-28-30-32-34-37-40-43-49(52)55-46-47(45-54-48(51)42-39-36-15-12-9-6-3)56-50(53)44-41-38-35-33-31-29-26-23-21-19-17-14-11-8-5-2/h8,11,16-19,22-24,26,31,33,38,41,47H,4-7,9-10,12-15,20-21,25,27-30,32,34-37,39-40,42-46H2,1-3H3/b11-8-,18-16-,19-17-,24-22-,26-23-,33-31-,41-38-. The number of hydrogen-bond acceptors (Lipinski definition) is 6. The van der Waals surface area contributed by atoms with E-state index >= 15 is 0 Å². The van der Waals surface area contributed by atoms with E-state index in [1.165, 1.54) is 70.6 Å². The lowest BCUT2D eigenvalue weighted by molar-refractivity contribution is -0.166. The molecule has 0 N–H and O–H groups in total. The van der Waals surface area contributed by atoms with Gasteiger partial charge in [0.25, 0.3) is 0 Å². The van der Waals surface area contributed by atoms with Crippen molar-refractivity contribution in [3.05, 3.63) is 85.1 Å². The van der Waals surface area contributed by atoms with Gasteiger partial charge in [-0.2, -0.15) is 0 Å². The molecule has 0 radical (unpaired) electrons. The third-order valence-corrected chi connectivity index (χ3v) is 9.17. The lowest BCUT2D eigenvalue weighted by Gasteiger charge is -2.18. The summed E-state index contributed by atoms with van der Waals surface area (Å²) in [6, 6.07) is 0. The zero-order chi connectivity index (χ0) is 40.8. The topological polar surface area (TPSA) is 78.9 Å². The molecule has 0 bridgehead atoms. The lowest BCUT2D eigenvalue weighted by atomic mass is 10.1. The third kappa shape index (κ3) is 41.7. The Hall–Kier alpha value is -3.41. The molecule has 0 amide bonds. The SMILES string of the molecule is CC/C=C\C/C=C\C/C=C\C/C=C\C/C=C\CC(=O)OC(COC(=O)CCCCCCCC)COC(=O)CCCCCCCCC/C=C\C/C=C\CCCCC. The Morgan fingerprint density at radius 1 is 0.393 bits per heavy atom. The van der Waals surface area contributed by atoms with Gasteiger partial charge in [-0.3, -0.25) is 14.4 Å². The van der Waals surface area contributed by atoms with Crippen LogP contribution in [-0.4, -0.2) is 37.2 Å². The van der Waals surface area contributed by atoms with Crippen LogP contribution < -0.4 is 0 Å². The van der Waals surface area contributed by atoms with Crippen LogP contribution in [0.5, 0.6) is 0 Å². The molecular formula is C50H82O6. The van der Waals surface area contributed by atoms with Gasteiger partial charge in [0.1, 0.15) is 13.2 Å². The minimum absolute atomic E-state index is 0.0945. The highest BCUT2D eigenvalue weighted by atomic mass is 16.6. The highest BCUT2D eigenvalue weighted by molar-refractivity contribution is 5.72. The number of unbranched alkanes of at least 4 members (excludes halogenated alkanes) is 15. The van der Waals surface area contributed by atoms with E-state index in [0.29, 0.717) is 12.8 Å². The molecule has 0 saturated carbocycles. The molecule has 0 spiro atoms. The van der Waals surface area contributed by atoms with Crippen molar-refractivity contribution in [1.82, 2.24) is 0 Å². The number of carbonyl (C=O) groups excluding carboxylic acids is 3. The average molecular weight is 779 g/mol.